The van der Waals surface area contributed by atoms with E-state index in [1.807, 2.05) is 0 Å². The molecular formula is C21H20F4N2O4. The van der Waals surface area contributed by atoms with Gasteiger partial charge in [0, 0.05) is 19.8 Å². The topological polar surface area (TPSA) is 95.5 Å². The van der Waals surface area contributed by atoms with E-state index in [1.54, 1.807) is 0 Å². The Hall–Kier alpha value is -3.43. The summed E-state index contributed by atoms with van der Waals surface area (Å²) in [5.74, 6) is -3.44. The molecule has 2 amide bonds. The fraction of sp³-hybridized carbons (Fsp3) is 0.286. The molecule has 31 heavy (non-hydrogen) atoms. The van der Waals surface area contributed by atoms with Crippen molar-refractivity contribution in [2.24, 2.45) is 0 Å². The fourth-order valence-electron chi connectivity index (χ4n) is 2.94. The molecule has 0 heterocycles. The minimum absolute atomic E-state index is 0.0590. The Labute approximate surface area is 175 Å². The maximum absolute atomic E-state index is 13.4. The van der Waals surface area contributed by atoms with Crippen molar-refractivity contribution in [3.63, 3.8) is 0 Å². The second-order valence-corrected chi connectivity index (χ2v) is 6.89. The Kier molecular flexibility index (Phi) is 7.73. The molecule has 0 aliphatic heterocycles. The summed E-state index contributed by atoms with van der Waals surface area (Å²) in [4.78, 5) is 35.7. The molecule has 166 valence electrons. The van der Waals surface area contributed by atoms with Crippen LogP contribution in [-0.2, 0) is 33.4 Å². The molecule has 2 atom stereocenters. The van der Waals surface area contributed by atoms with Gasteiger partial charge in [0.05, 0.1) is 5.56 Å². The molecule has 0 aromatic heterocycles. The quantitative estimate of drug-likeness (QED) is 0.550. The molecule has 0 spiro atoms. The van der Waals surface area contributed by atoms with Gasteiger partial charge in [0.15, 0.2) is 0 Å². The molecule has 0 bridgehead atoms. The summed E-state index contributed by atoms with van der Waals surface area (Å²) >= 11 is 0. The highest BCUT2D eigenvalue weighted by Gasteiger charge is 2.31. The Morgan fingerprint density at radius 2 is 1.52 bits per heavy atom. The molecule has 0 aliphatic carbocycles. The second kappa shape index (κ2) is 10.1. The highest BCUT2D eigenvalue weighted by molar-refractivity contribution is 5.90. The summed E-state index contributed by atoms with van der Waals surface area (Å²) in [6.07, 6.45) is -5.11. The summed E-state index contributed by atoms with van der Waals surface area (Å²) in [5.41, 5.74) is -0.495. The van der Waals surface area contributed by atoms with Crippen LogP contribution in [0, 0.1) is 5.82 Å². The lowest BCUT2D eigenvalue weighted by molar-refractivity contribution is -0.142. The molecule has 2 aromatic carbocycles. The molecule has 10 heteroatoms. The second-order valence-electron chi connectivity index (χ2n) is 6.89. The summed E-state index contributed by atoms with van der Waals surface area (Å²) < 4.78 is 52.1. The number of carbonyl (C=O) groups excluding carboxylic acids is 2. The Bertz CT molecular complexity index is 962. The number of hydrogen-bond donors (Lipinski definition) is 3. The third kappa shape index (κ3) is 7.40. The molecule has 6 nitrogen and oxygen atoms in total. The number of amides is 2. The van der Waals surface area contributed by atoms with Gasteiger partial charge in [0.2, 0.25) is 11.8 Å². The van der Waals surface area contributed by atoms with Gasteiger partial charge in [-0.3, -0.25) is 9.59 Å². The number of aliphatic carboxylic acids is 1. The van der Waals surface area contributed by atoms with Crippen molar-refractivity contribution < 1.29 is 37.1 Å². The van der Waals surface area contributed by atoms with Crippen LogP contribution < -0.4 is 10.6 Å². The van der Waals surface area contributed by atoms with Gasteiger partial charge >= 0.3 is 12.1 Å². The van der Waals surface area contributed by atoms with E-state index in [0.29, 0.717) is 5.56 Å². The van der Waals surface area contributed by atoms with Gasteiger partial charge in [0.25, 0.3) is 0 Å². The fourth-order valence-corrected chi connectivity index (χ4v) is 2.94. The number of carboxylic acids is 1. The minimum Gasteiger partial charge on any atom is -0.480 e. The lowest BCUT2D eigenvalue weighted by Crippen LogP contribution is -2.52. The van der Waals surface area contributed by atoms with Crippen LogP contribution in [-0.4, -0.2) is 35.0 Å². The number of benzene rings is 2. The maximum atomic E-state index is 13.4. The number of carboxylic acid groups (broad SMARTS) is 1. The Morgan fingerprint density at radius 1 is 0.935 bits per heavy atom. The number of halogens is 4. The lowest BCUT2D eigenvalue weighted by Gasteiger charge is -2.21. The van der Waals surface area contributed by atoms with Gasteiger partial charge in [-0.05, 0) is 29.3 Å². The average molecular weight is 440 g/mol. The molecular weight excluding hydrogens is 420 g/mol. The van der Waals surface area contributed by atoms with E-state index in [-0.39, 0.29) is 12.0 Å². The molecule has 3 N–H and O–H groups in total. The van der Waals surface area contributed by atoms with Crippen molar-refractivity contribution in [1.29, 1.82) is 0 Å². The van der Waals surface area contributed by atoms with Crippen LogP contribution in [0.5, 0.6) is 0 Å². The van der Waals surface area contributed by atoms with Crippen LogP contribution in [0.2, 0.25) is 0 Å². The van der Waals surface area contributed by atoms with Gasteiger partial charge in [0.1, 0.15) is 17.9 Å². The largest absolute Gasteiger partial charge is 0.480 e. The first kappa shape index (κ1) is 23.8. The van der Waals surface area contributed by atoms with E-state index < -0.39 is 53.8 Å². The molecule has 0 saturated carbocycles. The monoisotopic (exact) mass is 440 g/mol. The summed E-state index contributed by atoms with van der Waals surface area (Å²) in [6.45, 7) is 1.16. The Morgan fingerprint density at radius 3 is 2.06 bits per heavy atom. The van der Waals surface area contributed by atoms with Crippen LogP contribution in [0.1, 0.15) is 23.6 Å². The molecule has 0 aliphatic rings. The van der Waals surface area contributed by atoms with E-state index in [1.165, 1.54) is 30.3 Å². The normalized spacial score (nSPS) is 13.2. The lowest BCUT2D eigenvalue weighted by atomic mass is 10.0. The van der Waals surface area contributed by atoms with Crippen molar-refractivity contribution in [1.82, 2.24) is 10.6 Å². The van der Waals surface area contributed by atoms with Gasteiger partial charge in [-0.15, -0.1) is 0 Å². The summed E-state index contributed by atoms with van der Waals surface area (Å²) in [5, 5.41) is 14.0. The van der Waals surface area contributed by atoms with Crippen molar-refractivity contribution in [3.05, 3.63) is 71.0 Å². The first-order valence-electron chi connectivity index (χ1n) is 9.16. The smallest absolute Gasteiger partial charge is 0.416 e. The van der Waals surface area contributed by atoms with Gasteiger partial charge in [-0.1, -0.05) is 30.3 Å². The SMILES string of the molecule is CC(=O)N[C@@H](Cc1cccc(F)c1)C(=O)N[C@@H](Cc1cccc(C(F)(F)F)c1)C(=O)O. The summed E-state index contributed by atoms with van der Waals surface area (Å²) in [6, 6.07) is 6.68. The Balaban J connectivity index is 2.18. The first-order chi connectivity index (χ1) is 14.5. The zero-order chi connectivity index (χ0) is 23.2. The third-order valence-corrected chi connectivity index (χ3v) is 4.33. The van der Waals surface area contributed by atoms with Crippen molar-refractivity contribution in [2.75, 3.05) is 0 Å². The van der Waals surface area contributed by atoms with Crippen LogP contribution in [0.3, 0.4) is 0 Å². The number of carbonyl (C=O) groups is 3. The predicted molar refractivity (Wildman–Crippen MR) is 102 cm³/mol. The highest BCUT2D eigenvalue weighted by atomic mass is 19.4. The van der Waals surface area contributed by atoms with Crippen molar-refractivity contribution >= 4 is 17.8 Å². The number of alkyl halides is 3. The number of hydrogen-bond acceptors (Lipinski definition) is 3. The number of rotatable bonds is 8. The average Bonchev–Trinajstić information content (AvgIpc) is 2.66. The van der Waals surface area contributed by atoms with E-state index in [0.717, 1.165) is 25.1 Å². The van der Waals surface area contributed by atoms with E-state index in [4.69, 9.17) is 0 Å². The van der Waals surface area contributed by atoms with E-state index >= 15 is 0 Å². The zero-order valence-corrected chi connectivity index (χ0v) is 16.4. The molecule has 0 saturated heterocycles. The zero-order valence-electron chi connectivity index (χ0n) is 16.4. The van der Waals surface area contributed by atoms with Crippen molar-refractivity contribution in [3.8, 4) is 0 Å². The van der Waals surface area contributed by atoms with E-state index in [2.05, 4.69) is 10.6 Å². The molecule has 2 rings (SSSR count). The van der Waals surface area contributed by atoms with E-state index in [9.17, 15) is 37.1 Å². The van der Waals surface area contributed by atoms with Crippen molar-refractivity contribution in [2.45, 2.75) is 38.0 Å². The molecule has 0 fully saturated rings. The van der Waals surface area contributed by atoms with Crippen LogP contribution >= 0.6 is 0 Å². The predicted octanol–water partition coefficient (Wildman–Crippen LogP) is 2.70. The van der Waals surface area contributed by atoms with Crippen LogP contribution in [0.25, 0.3) is 0 Å². The number of nitrogens with one attached hydrogen (secondary N) is 2. The molecule has 0 unspecified atom stereocenters. The first-order valence-corrected chi connectivity index (χ1v) is 9.16. The van der Waals surface area contributed by atoms with Crippen LogP contribution in [0.15, 0.2) is 48.5 Å². The van der Waals surface area contributed by atoms with Gasteiger partial charge < -0.3 is 15.7 Å². The van der Waals surface area contributed by atoms with Crippen LogP contribution in [0.4, 0.5) is 17.6 Å². The summed E-state index contributed by atoms with van der Waals surface area (Å²) in [7, 11) is 0. The minimum atomic E-state index is -4.60. The molecule has 0 radical (unpaired) electrons. The van der Waals surface area contributed by atoms with Gasteiger partial charge in [-0.2, -0.15) is 13.2 Å². The van der Waals surface area contributed by atoms with Gasteiger partial charge in [-0.25, -0.2) is 9.18 Å². The highest BCUT2D eigenvalue weighted by Crippen LogP contribution is 2.29. The third-order valence-electron chi connectivity index (χ3n) is 4.33. The standard InChI is InChI=1S/C21H20F4N2O4/c1-12(28)26-17(10-14-5-3-7-16(22)9-14)19(29)27-18(20(30)31)11-13-4-2-6-15(8-13)21(23,24)25/h2-9,17-18H,10-11H2,1H3,(H,26,28)(H,27,29)(H,30,31)/t17-,18-/m0/s1. The maximum Gasteiger partial charge on any atom is 0.416 e. The molecule has 2 aromatic rings.